The highest BCUT2D eigenvalue weighted by molar-refractivity contribution is 5.96. The van der Waals surface area contributed by atoms with Crippen LogP contribution < -0.4 is 10.6 Å². The molecule has 3 N–H and O–H groups in total. The lowest BCUT2D eigenvalue weighted by molar-refractivity contribution is -0.123. The summed E-state index contributed by atoms with van der Waals surface area (Å²) in [6.07, 6.45) is -1.07. The van der Waals surface area contributed by atoms with Crippen LogP contribution in [0.25, 0.3) is 0 Å². The van der Waals surface area contributed by atoms with E-state index in [0.29, 0.717) is 11.4 Å². The zero-order valence-electron chi connectivity index (χ0n) is 10.7. The number of amides is 2. The molecule has 1 aromatic rings. The molecule has 5 nitrogen and oxygen atoms in total. The summed E-state index contributed by atoms with van der Waals surface area (Å²) in [4.78, 5) is 22.8. The number of rotatable bonds is 4. The molecule has 1 atom stereocenters. The van der Waals surface area contributed by atoms with E-state index < -0.39 is 12.0 Å². The molecule has 5 heteroatoms. The van der Waals surface area contributed by atoms with Crippen molar-refractivity contribution in [2.75, 3.05) is 10.6 Å². The van der Waals surface area contributed by atoms with E-state index >= 15 is 0 Å². The Morgan fingerprint density at radius 1 is 1.06 bits per heavy atom. The molecule has 0 spiro atoms. The van der Waals surface area contributed by atoms with Crippen molar-refractivity contribution < 1.29 is 14.7 Å². The molecule has 0 bridgehead atoms. The Morgan fingerprint density at radius 3 is 2.00 bits per heavy atom. The number of nitrogens with one attached hydrogen (secondary N) is 2. The van der Waals surface area contributed by atoms with Crippen LogP contribution in [0.2, 0.25) is 0 Å². The van der Waals surface area contributed by atoms with E-state index in [2.05, 4.69) is 10.6 Å². The quantitative estimate of drug-likeness (QED) is 0.759. The minimum Gasteiger partial charge on any atom is -0.384 e. The largest absolute Gasteiger partial charge is 0.384 e. The molecular formula is C13H18N2O3. The second kappa shape index (κ2) is 6.16. The summed E-state index contributed by atoms with van der Waals surface area (Å²) in [7, 11) is 0. The molecule has 0 aliphatic rings. The third-order valence-corrected chi connectivity index (χ3v) is 2.30. The van der Waals surface area contributed by atoms with Crippen molar-refractivity contribution in [1.82, 2.24) is 0 Å². The molecule has 0 heterocycles. The van der Waals surface area contributed by atoms with Gasteiger partial charge in [-0.15, -0.1) is 0 Å². The highest BCUT2D eigenvalue weighted by atomic mass is 16.3. The van der Waals surface area contributed by atoms with Gasteiger partial charge in [0, 0.05) is 17.3 Å². The lowest BCUT2D eigenvalue weighted by Crippen LogP contribution is -2.24. The molecule has 1 rings (SSSR count). The molecule has 1 aromatic carbocycles. The first kappa shape index (κ1) is 14.2. The molecule has 0 saturated heterocycles. The third kappa shape index (κ3) is 4.18. The number of hydrogen-bond acceptors (Lipinski definition) is 3. The summed E-state index contributed by atoms with van der Waals surface area (Å²) >= 11 is 0. The molecule has 2 amide bonds. The van der Waals surface area contributed by atoms with Gasteiger partial charge in [-0.05, 0) is 25.1 Å². The van der Waals surface area contributed by atoms with E-state index in [1.54, 1.807) is 38.1 Å². The Hall–Kier alpha value is -1.88. The smallest absolute Gasteiger partial charge is 0.252 e. The maximum absolute atomic E-state index is 11.5. The summed E-state index contributed by atoms with van der Waals surface area (Å²) < 4.78 is 0. The standard InChI is InChI=1S/C13H18N2O3/c1-8(2)12(17)14-10-5-4-6-11(7-10)15-13(18)9(3)16/h4-9,16H,1-3H3,(H,14,17)(H,15,18). The van der Waals surface area contributed by atoms with Crippen molar-refractivity contribution in [3.8, 4) is 0 Å². The normalized spacial score (nSPS) is 12.1. The average Bonchev–Trinajstić information content (AvgIpc) is 2.29. The molecule has 1 unspecified atom stereocenters. The van der Waals surface area contributed by atoms with Gasteiger partial charge in [-0.1, -0.05) is 19.9 Å². The molecule has 0 saturated carbocycles. The van der Waals surface area contributed by atoms with Crippen LogP contribution in [0.4, 0.5) is 11.4 Å². The summed E-state index contributed by atoms with van der Waals surface area (Å²) in [5, 5.41) is 14.4. The van der Waals surface area contributed by atoms with E-state index in [1.165, 1.54) is 6.92 Å². The second-order valence-corrected chi connectivity index (χ2v) is 4.39. The first-order chi connectivity index (χ1) is 8.40. The van der Waals surface area contributed by atoms with Gasteiger partial charge in [-0.25, -0.2) is 0 Å². The van der Waals surface area contributed by atoms with E-state index in [4.69, 9.17) is 5.11 Å². The van der Waals surface area contributed by atoms with E-state index in [-0.39, 0.29) is 11.8 Å². The number of anilines is 2. The molecule has 0 aliphatic carbocycles. The maximum atomic E-state index is 11.5. The van der Waals surface area contributed by atoms with Crippen LogP contribution in [0.5, 0.6) is 0 Å². The van der Waals surface area contributed by atoms with Gasteiger partial charge < -0.3 is 15.7 Å². The lowest BCUT2D eigenvalue weighted by Gasteiger charge is -2.11. The van der Waals surface area contributed by atoms with Gasteiger partial charge in [-0.2, -0.15) is 0 Å². The van der Waals surface area contributed by atoms with Crippen LogP contribution in [0, 0.1) is 5.92 Å². The zero-order valence-corrected chi connectivity index (χ0v) is 10.7. The predicted octanol–water partition coefficient (Wildman–Crippen LogP) is 1.60. The van der Waals surface area contributed by atoms with Crippen LogP contribution in [0.1, 0.15) is 20.8 Å². The van der Waals surface area contributed by atoms with Crippen molar-refractivity contribution >= 4 is 23.2 Å². The van der Waals surface area contributed by atoms with Crippen LogP contribution in [0.15, 0.2) is 24.3 Å². The van der Waals surface area contributed by atoms with Crippen LogP contribution in [0.3, 0.4) is 0 Å². The van der Waals surface area contributed by atoms with Crippen LogP contribution >= 0.6 is 0 Å². The predicted molar refractivity (Wildman–Crippen MR) is 70.2 cm³/mol. The molecule has 0 fully saturated rings. The first-order valence-electron chi connectivity index (χ1n) is 5.80. The number of benzene rings is 1. The van der Waals surface area contributed by atoms with Gasteiger partial charge in [-0.3, -0.25) is 9.59 Å². The van der Waals surface area contributed by atoms with E-state index in [0.717, 1.165) is 0 Å². The summed E-state index contributed by atoms with van der Waals surface area (Å²) in [5.74, 6) is -0.683. The van der Waals surface area contributed by atoms with Gasteiger partial charge in [0.1, 0.15) is 6.10 Å². The van der Waals surface area contributed by atoms with Crippen LogP contribution in [-0.2, 0) is 9.59 Å². The number of hydrogen-bond donors (Lipinski definition) is 3. The van der Waals surface area contributed by atoms with Gasteiger partial charge in [0.2, 0.25) is 5.91 Å². The zero-order chi connectivity index (χ0) is 13.7. The van der Waals surface area contributed by atoms with Crippen molar-refractivity contribution in [3.63, 3.8) is 0 Å². The summed E-state index contributed by atoms with van der Waals surface area (Å²) in [6.45, 7) is 4.99. The summed E-state index contributed by atoms with van der Waals surface area (Å²) in [5.41, 5.74) is 1.14. The fourth-order valence-corrected chi connectivity index (χ4v) is 1.21. The fraction of sp³-hybridized carbons (Fsp3) is 0.385. The minimum absolute atomic E-state index is 0.0889. The summed E-state index contributed by atoms with van der Waals surface area (Å²) in [6, 6.07) is 6.78. The van der Waals surface area contributed by atoms with Crippen molar-refractivity contribution in [2.24, 2.45) is 5.92 Å². The van der Waals surface area contributed by atoms with Crippen molar-refractivity contribution in [2.45, 2.75) is 26.9 Å². The Kier molecular flexibility index (Phi) is 4.85. The molecule has 0 aromatic heterocycles. The number of aliphatic hydroxyl groups excluding tert-OH is 1. The number of carbonyl (C=O) groups is 2. The first-order valence-corrected chi connectivity index (χ1v) is 5.80. The number of aliphatic hydroxyl groups is 1. The van der Waals surface area contributed by atoms with Gasteiger partial charge in [0.25, 0.3) is 5.91 Å². The topological polar surface area (TPSA) is 78.4 Å². The van der Waals surface area contributed by atoms with Gasteiger partial charge in [0.05, 0.1) is 0 Å². The molecule has 18 heavy (non-hydrogen) atoms. The fourth-order valence-electron chi connectivity index (χ4n) is 1.21. The molecule has 0 aliphatic heterocycles. The van der Waals surface area contributed by atoms with E-state index in [9.17, 15) is 9.59 Å². The molecular weight excluding hydrogens is 232 g/mol. The Bertz CT molecular complexity index is 404. The van der Waals surface area contributed by atoms with Gasteiger partial charge in [0.15, 0.2) is 0 Å². The highest BCUT2D eigenvalue weighted by Crippen LogP contribution is 2.16. The average molecular weight is 250 g/mol. The SMILES string of the molecule is CC(C)C(=O)Nc1cccc(NC(=O)C(C)O)c1. The highest BCUT2D eigenvalue weighted by Gasteiger charge is 2.10. The Labute approximate surface area is 106 Å². The maximum Gasteiger partial charge on any atom is 0.252 e. The van der Waals surface area contributed by atoms with Crippen molar-refractivity contribution in [3.05, 3.63) is 24.3 Å². The monoisotopic (exact) mass is 250 g/mol. The number of carbonyl (C=O) groups excluding carboxylic acids is 2. The Morgan fingerprint density at radius 2 is 1.56 bits per heavy atom. The second-order valence-electron chi connectivity index (χ2n) is 4.39. The third-order valence-electron chi connectivity index (χ3n) is 2.30. The van der Waals surface area contributed by atoms with Crippen LogP contribution in [-0.4, -0.2) is 23.0 Å². The minimum atomic E-state index is -1.07. The molecule has 0 radical (unpaired) electrons. The Balaban J connectivity index is 2.74. The van der Waals surface area contributed by atoms with Crippen molar-refractivity contribution in [1.29, 1.82) is 0 Å². The van der Waals surface area contributed by atoms with Gasteiger partial charge >= 0.3 is 0 Å². The van der Waals surface area contributed by atoms with E-state index in [1.807, 2.05) is 0 Å². The molecule has 98 valence electrons. The lowest BCUT2D eigenvalue weighted by atomic mass is 10.2.